The number of halogens is 1. The molecule has 0 aromatic heterocycles. The Morgan fingerprint density at radius 3 is 2.14 bits per heavy atom. The van der Waals surface area contributed by atoms with Crippen molar-refractivity contribution >= 4 is 11.8 Å². The van der Waals surface area contributed by atoms with E-state index < -0.39 is 0 Å². The molecule has 28 heavy (non-hydrogen) atoms. The van der Waals surface area contributed by atoms with Gasteiger partial charge >= 0.3 is 0 Å². The number of carbonyl (C=O) groups excluding carboxylic acids is 2. The molecule has 2 fully saturated rings. The van der Waals surface area contributed by atoms with Gasteiger partial charge in [-0.2, -0.15) is 0 Å². The largest absolute Gasteiger partial charge is 0.379 e. The summed E-state index contributed by atoms with van der Waals surface area (Å²) in [5.74, 6) is 0.0500. The molecule has 0 spiro atoms. The number of amides is 2. The molecule has 1 aromatic carbocycles. The minimum absolute atomic E-state index is 0.0942. The van der Waals surface area contributed by atoms with Crippen molar-refractivity contribution in [2.75, 3.05) is 59.0 Å². The molecular weight excluding hydrogens is 361 g/mol. The van der Waals surface area contributed by atoms with E-state index in [9.17, 15) is 14.0 Å². The van der Waals surface area contributed by atoms with Crippen LogP contribution in [-0.2, 0) is 20.7 Å². The number of piperazine rings is 1. The first-order valence-electron chi connectivity index (χ1n) is 10.2. The molecule has 2 heterocycles. The summed E-state index contributed by atoms with van der Waals surface area (Å²) in [5.41, 5.74) is 0.658. The number of benzene rings is 1. The third-order valence-corrected chi connectivity index (χ3v) is 5.53. The van der Waals surface area contributed by atoms with Crippen molar-refractivity contribution in [3.05, 3.63) is 35.6 Å². The highest BCUT2D eigenvalue weighted by Crippen LogP contribution is 2.12. The van der Waals surface area contributed by atoms with E-state index in [1.165, 1.54) is 6.07 Å². The Morgan fingerprint density at radius 1 is 0.893 bits per heavy atom. The molecule has 0 aliphatic carbocycles. The Labute approximate surface area is 166 Å². The summed E-state index contributed by atoms with van der Waals surface area (Å²) in [6, 6.07) is 6.70. The molecular formula is C21H30FN3O3. The normalized spacial score (nSPS) is 18.3. The summed E-state index contributed by atoms with van der Waals surface area (Å²) in [6.07, 6.45) is 2.15. The van der Waals surface area contributed by atoms with E-state index in [2.05, 4.69) is 4.90 Å². The van der Waals surface area contributed by atoms with Crippen LogP contribution in [0.1, 0.15) is 24.8 Å². The lowest BCUT2D eigenvalue weighted by atomic mass is 10.1. The number of nitrogens with zero attached hydrogens (tertiary/aromatic N) is 3. The van der Waals surface area contributed by atoms with Crippen molar-refractivity contribution < 1.29 is 18.7 Å². The first-order valence-corrected chi connectivity index (χ1v) is 10.2. The van der Waals surface area contributed by atoms with Crippen LogP contribution in [0.3, 0.4) is 0 Å². The smallest absolute Gasteiger partial charge is 0.223 e. The second-order valence-electron chi connectivity index (χ2n) is 7.41. The molecule has 0 saturated carbocycles. The molecule has 0 atom stereocenters. The van der Waals surface area contributed by atoms with Crippen LogP contribution in [0.15, 0.2) is 24.3 Å². The highest BCUT2D eigenvalue weighted by molar-refractivity contribution is 5.78. The number of carbonyl (C=O) groups is 2. The lowest BCUT2D eigenvalue weighted by Gasteiger charge is -2.35. The Hall–Kier alpha value is -1.99. The van der Waals surface area contributed by atoms with Crippen LogP contribution in [0.4, 0.5) is 4.39 Å². The van der Waals surface area contributed by atoms with E-state index >= 15 is 0 Å². The van der Waals surface area contributed by atoms with E-state index in [4.69, 9.17) is 4.74 Å². The van der Waals surface area contributed by atoms with Gasteiger partial charge in [0.1, 0.15) is 5.82 Å². The summed E-state index contributed by atoms with van der Waals surface area (Å²) in [5, 5.41) is 0. The fourth-order valence-electron chi connectivity index (χ4n) is 3.73. The molecule has 0 unspecified atom stereocenters. The predicted molar refractivity (Wildman–Crippen MR) is 104 cm³/mol. The Kier molecular flexibility index (Phi) is 7.80. The van der Waals surface area contributed by atoms with Gasteiger partial charge in [-0.05, 0) is 24.5 Å². The summed E-state index contributed by atoms with van der Waals surface area (Å²) in [6.45, 7) is 6.41. The maximum atomic E-state index is 13.6. The average molecular weight is 391 g/mol. The van der Waals surface area contributed by atoms with Crippen LogP contribution < -0.4 is 0 Å². The van der Waals surface area contributed by atoms with Gasteiger partial charge in [0.05, 0.1) is 13.2 Å². The van der Waals surface area contributed by atoms with Crippen molar-refractivity contribution in [1.82, 2.24) is 14.7 Å². The SMILES string of the molecule is O=C(CCCc1ccccc1F)N1CCN(C(=O)CCN2CCOCC2)CC1. The highest BCUT2D eigenvalue weighted by Gasteiger charge is 2.24. The Balaban J connectivity index is 1.33. The van der Waals surface area contributed by atoms with Crippen molar-refractivity contribution in [2.45, 2.75) is 25.7 Å². The topological polar surface area (TPSA) is 53.1 Å². The fraction of sp³-hybridized carbons (Fsp3) is 0.619. The fourth-order valence-corrected chi connectivity index (χ4v) is 3.73. The van der Waals surface area contributed by atoms with Gasteiger partial charge in [0.2, 0.25) is 11.8 Å². The van der Waals surface area contributed by atoms with Gasteiger partial charge in [-0.15, -0.1) is 0 Å². The number of hydrogen-bond acceptors (Lipinski definition) is 4. The van der Waals surface area contributed by atoms with Crippen LogP contribution in [0.5, 0.6) is 0 Å². The molecule has 0 N–H and O–H groups in total. The molecule has 7 heteroatoms. The second kappa shape index (κ2) is 10.5. The molecule has 2 aliphatic heterocycles. The quantitative estimate of drug-likeness (QED) is 0.708. The zero-order chi connectivity index (χ0) is 19.8. The number of morpholine rings is 1. The van der Waals surface area contributed by atoms with Gasteiger partial charge in [-0.25, -0.2) is 4.39 Å². The van der Waals surface area contributed by atoms with Crippen LogP contribution >= 0.6 is 0 Å². The van der Waals surface area contributed by atoms with Crippen LogP contribution in [-0.4, -0.2) is 85.5 Å². The maximum Gasteiger partial charge on any atom is 0.223 e. The standard InChI is InChI=1S/C21H30FN3O3/c22-19-6-2-1-4-18(19)5-3-7-20(26)24-10-12-25(13-11-24)21(27)8-9-23-14-16-28-17-15-23/h1-2,4,6H,3,5,7-17H2. The summed E-state index contributed by atoms with van der Waals surface area (Å²) < 4.78 is 18.9. The van der Waals surface area contributed by atoms with Gasteiger partial charge in [-0.3, -0.25) is 14.5 Å². The number of aryl methyl sites for hydroxylation is 1. The molecule has 6 nitrogen and oxygen atoms in total. The molecule has 2 aliphatic rings. The van der Waals surface area contributed by atoms with E-state index in [1.807, 2.05) is 15.9 Å². The predicted octanol–water partition coefficient (Wildman–Crippen LogP) is 1.54. The monoisotopic (exact) mass is 391 g/mol. The highest BCUT2D eigenvalue weighted by atomic mass is 19.1. The van der Waals surface area contributed by atoms with Gasteiger partial charge in [0, 0.05) is 58.7 Å². The average Bonchev–Trinajstić information content (AvgIpc) is 2.74. The molecule has 1 aromatic rings. The Morgan fingerprint density at radius 2 is 1.50 bits per heavy atom. The molecule has 154 valence electrons. The summed E-state index contributed by atoms with van der Waals surface area (Å²) >= 11 is 0. The van der Waals surface area contributed by atoms with Crippen molar-refractivity contribution in [1.29, 1.82) is 0 Å². The minimum Gasteiger partial charge on any atom is -0.379 e. The second-order valence-corrected chi connectivity index (χ2v) is 7.41. The zero-order valence-electron chi connectivity index (χ0n) is 16.4. The van der Waals surface area contributed by atoms with Gasteiger partial charge < -0.3 is 14.5 Å². The van der Waals surface area contributed by atoms with Crippen molar-refractivity contribution in [3.63, 3.8) is 0 Å². The van der Waals surface area contributed by atoms with Gasteiger partial charge in [0.25, 0.3) is 0 Å². The number of hydrogen-bond donors (Lipinski definition) is 0. The van der Waals surface area contributed by atoms with E-state index in [0.717, 1.165) is 32.8 Å². The van der Waals surface area contributed by atoms with Crippen molar-refractivity contribution in [3.8, 4) is 0 Å². The summed E-state index contributed by atoms with van der Waals surface area (Å²) in [7, 11) is 0. The van der Waals surface area contributed by atoms with Gasteiger partial charge in [0.15, 0.2) is 0 Å². The lowest BCUT2D eigenvalue weighted by Crippen LogP contribution is -2.51. The number of rotatable bonds is 7. The number of ether oxygens (including phenoxy) is 1. The van der Waals surface area contributed by atoms with Crippen molar-refractivity contribution in [2.24, 2.45) is 0 Å². The van der Waals surface area contributed by atoms with Gasteiger partial charge in [-0.1, -0.05) is 18.2 Å². The third-order valence-electron chi connectivity index (χ3n) is 5.53. The molecule has 2 amide bonds. The van der Waals surface area contributed by atoms with Crippen LogP contribution in [0.25, 0.3) is 0 Å². The molecule has 0 radical (unpaired) electrons. The Bertz CT molecular complexity index is 656. The van der Waals surface area contributed by atoms with Crippen LogP contribution in [0, 0.1) is 5.82 Å². The molecule has 0 bridgehead atoms. The third kappa shape index (κ3) is 6.01. The zero-order valence-corrected chi connectivity index (χ0v) is 16.4. The van der Waals surface area contributed by atoms with E-state index in [-0.39, 0.29) is 17.6 Å². The van der Waals surface area contributed by atoms with E-state index in [1.54, 1.807) is 12.1 Å². The molecule has 2 saturated heterocycles. The lowest BCUT2D eigenvalue weighted by molar-refractivity contribution is -0.139. The summed E-state index contributed by atoms with van der Waals surface area (Å²) in [4.78, 5) is 30.8. The first kappa shape index (κ1) is 20.7. The van der Waals surface area contributed by atoms with Crippen LogP contribution in [0.2, 0.25) is 0 Å². The first-order chi connectivity index (χ1) is 13.6. The molecule has 3 rings (SSSR count). The maximum absolute atomic E-state index is 13.6. The minimum atomic E-state index is -0.209. The van der Waals surface area contributed by atoms with E-state index in [0.29, 0.717) is 57.4 Å².